The predicted octanol–water partition coefficient (Wildman–Crippen LogP) is 7.30. The van der Waals surface area contributed by atoms with E-state index in [-0.39, 0.29) is 33.5 Å². The summed E-state index contributed by atoms with van der Waals surface area (Å²) in [5.41, 5.74) is -0.515. The summed E-state index contributed by atoms with van der Waals surface area (Å²) in [5, 5.41) is 0.417. The van der Waals surface area contributed by atoms with E-state index >= 15 is 0 Å². The van der Waals surface area contributed by atoms with Crippen LogP contribution in [0.15, 0.2) is 0 Å². The van der Waals surface area contributed by atoms with Gasteiger partial charge >= 0.3 is 0 Å². The summed E-state index contributed by atoms with van der Waals surface area (Å²) < 4.78 is 26.7. The molecule has 0 aromatic carbocycles. The second kappa shape index (κ2) is 9.14. The van der Waals surface area contributed by atoms with Gasteiger partial charge in [-0.05, 0) is 75.8 Å². The van der Waals surface area contributed by atoms with E-state index in [9.17, 15) is 0 Å². The highest BCUT2D eigenvalue weighted by Crippen LogP contribution is 2.48. The third-order valence-corrected chi connectivity index (χ3v) is 17.7. The van der Waals surface area contributed by atoms with Crippen LogP contribution in [-0.2, 0) is 18.3 Å². The summed E-state index contributed by atoms with van der Waals surface area (Å²) in [6.45, 7) is 29.4. The maximum Gasteiger partial charge on any atom is 0.192 e. The molecule has 0 bridgehead atoms. The van der Waals surface area contributed by atoms with E-state index in [1.165, 1.54) is 0 Å². The summed E-state index contributed by atoms with van der Waals surface area (Å²) in [6.07, 6.45) is 5.24. The van der Waals surface area contributed by atoms with Crippen molar-refractivity contribution >= 4 is 16.6 Å². The van der Waals surface area contributed by atoms with Crippen LogP contribution in [0.3, 0.4) is 0 Å². The lowest BCUT2D eigenvalue weighted by Crippen LogP contribution is -2.65. The Morgan fingerprint density at radius 1 is 0.935 bits per heavy atom. The van der Waals surface area contributed by atoms with Crippen LogP contribution in [0.25, 0.3) is 0 Å². The molecule has 0 N–H and O–H groups in total. The molecule has 0 saturated carbocycles. The molecule has 2 heterocycles. The third kappa shape index (κ3) is 6.24. The SMILES string of the molecule is CC(C)(C)[Si](C)(C)OCCC[C@@]1(C)O[C@@]2(C)CCCO[C@@H]2C[C@@H]1O[Si](C)(C)C(C)(C)C. The molecule has 184 valence electrons. The highest BCUT2D eigenvalue weighted by molar-refractivity contribution is 6.74. The Hall–Kier alpha value is 0.274. The summed E-state index contributed by atoms with van der Waals surface area (Å²) in [4.78, 5) is 0. The molecular formula is C25H52O4Si2. The maximum absolute atomic E-state index is 7.01. The second-order valence-corrected chi connectivity index (χ2v) is 23.1. The first kappa shape index (κ1) is 27.5. The third-order valence-electron chi connectivity index (χ3n) is 8.72. The van der Waals surface area contributed by atoms with Gasteiger partial charge in [-0.2, -0.15) is 0 Å². The molecule has 4 nitrogen and oxygen atoms in total. The van der Waals surface area contributed by atoms with Gasteiger partial charge in [-0.15, -0.1) is 0 Å². The van der Waals surface area contributed by atoms with Crippen molar-refractivity contribution in [2.45, 2.75) is 147 Å². The molecule has 31 heavy (non-hydrogen) atoms. The number of rotatable bonds is 7. The van der Waals surface area contributed by atoms with E-state index in [4.69, 9.17) is 18.3 Å². The van der Waals surface area contributed by atoms with Gasteiger partial charge in [-0.25, -0.2) is 0 Å². The lowest BCUT2D eigenvalue weighted by Gasteiger charge is -2.57. The molecule has 0 unspecified atom stereocenters. The van der Waals surface area contributed by atoms with Gasteiger partial charge in [0.05, 0.1) is 23.4 Å². The van der Waals surface area contributed by atoms with Gasteiger partial charge < -0.3 is 18.3 Å². The van der Waals surface area contributed by atoms with Crippen molar-refractivity contribution in [3.63, 3.8) is 0 Å². The molecule has 6 heteroatoms. The first-order valence-electron chi connectivity index (χ1n) is 12.5. The largest absolute Gasteiger partial charge is 0.417 e. The first-order chi connectivity index (χ1) is 13.8. The van der Waals surface area contributed by atoms with E-state index in [2.05, 4.69) is 81.6 Å². The van der Waals surface area contributed by atoms with Gasteiger partial charge in [0, 0.05) is 19.6 Å². The highest BCUT2D eigenvalue weighted by atomic mass is 28.4. The van der Waals surface area contributed by atoms with E-state index < -0.39 is 16.6 Å². The molecule has 0 spiro atoms. The van der Waals surface area contributed by atoms with E-state index in [1.807, 2.05) is 0 Å². The average molecular weight is 473 g/mol. The Balaban J connectivity index is 2.15. The number of fused-ring (bicyclic) bond motifs is 1. The van der Waals surface area contributed by atoms with Crippen molar-refractivity contribution in [1.82, 2.24) is 0 Å². The van der Waals surface area contributed by atoms with Gasteiger partial charge in [0.25, 0.3) is 0 Å². The Morgan fingerprint density at radius 3 is 2.06 bits per heavy atom. The van der Waals surface area contributed by atoms with Gasteiger partial charge in [0.1, 0.15) is 0 Å². The Morgan fingerprint density at radius 2 is 1.52 bits per heavy atom. The average Bonchev–Trinajstić information content (AvgIpc) is 2.57. The van der Waals surface area contributed by atoms with Crippen LogP contribution in [0, 0.1) is 0 Å². The van der Waals surface area contributed by atoms with Crippen LogP contribution in [-0.4, -0.2) is 53.3 Å². The predicted molar refractivity (Wildman–Crippen MR) is 136 cm³/mol. The second-order valence-electron chi connectivity index (χ2n) is 13.5. The molecule has 2 saturated heterocycles. The van der Waals surface area contributed by atoms with Crippen molar-refractivity contribution < 1.29 is 18.3 Å². The molecule has 0 aliphatic carbocycles. The topological polar surface area (TPSA) is 36.9 Å². The van der Waals surface area contributed by atoms with Crippen molar-refractivity contribution in [2.24, 2.45) is 0 Å². The van der Waals surface area contributed by atoms with Gasteiger partial charge in [0.2, 0.25) is 0 Å². The molecule has 0 radical (unpaired) electrons. The number of hydrogen-bond acceptors (Lipinski definition) is 4. The summed E-state index contributed by atoms with van der Waals surface area (Å²) in [7, 11) is -3.65. The standard InChI is InChI=1S/C25H52O4Si2/c1-22(2,3)30(9,10)27-18-14-16-25(8)21(28-31(11,12)23(4,5)6)19-20-24(7,29-25)15-13-17-26-20/h20-21H,13-19H2,1-12H3/t20-,21+,24+,25-/m1/s1. The molecule has 2 aliphatic heterocycles. The zero-order valence-electron chi connectivity index (χ0n) is 22.7. The fourth-order valence-corrected chi connectivity index (χ4v) is 6.84. The molecule has 0 aromatic rings. The minimum absolute atomic E-state index is 0.0671. The van der Waals surface area contributed by atoms with Crippen molar-refractivity contribution in [3.8, 4) is 0 Å². The molecule has 0 aromatic heterocycles. The first-order valence-corrected chi connectivity index (χ1v) is 18.3. The molecular weight excluding hydrogens is 420 g/mol. The molecule has 0 amide bonds. The van der Waals surface area contributed by atoms with Crippen LogP contribution >= 0.6 is 0 Å². The fraction of sp³-hybridized carbons (Fsp3) is 1.00. The minimum atomic E-state index is -1.92. The minimum Gasteiger partial charge on any atom is -0.417 e. The lowest BCUT2D eigenvalue weighted by molar-refractivity contribution is -0.286. The molecule has 4 atom stereocenters. The lowest BCUT2D eigenvalue weighted by atomic mass is 9.77. The normalized spacial score (nSPS) is 33.3. The van der Waals surface area contributed by atoms with Crippen molar-refractivity contribution in [1.29, 1.82) is 0 Å². The van der Waals surface area contributed by atoms with Gasteiger partial charge in [-0.3, -0.25) is 0 Å². The fourth-order valence-electron chi connectivity index (χ4n) is 4.35. The maximum atomic E-state index is 7.01. The monoisotopic (exact) mass is 472 g/mol. The number of ether oxygens (including phenoxy) is 2. The number of hydrogen-bond donors (Lipinski definition) is 0. The van der Waals surface area contributed by atoms with Crippen LogP contribution in [0.4, 0.5) is 0 Å². The quantitative estimate of drug-likeness (QED) is 0.288. The van der Waals surface area contributed by atoms with E-state index in [0.29, 0.717) is 0 Å². The highest BCUT2D eigenvalue weighted by Gasteiger charge is 2.55. The van der Waals surface area contributed by atoms with Crippen LogP contribution < -0.4 is 0 Å². The molecule has 2 rings (SSSR count). The van der Waals surface area contributed by atoms with Gasteiger partial charge in [-0.1, -0.05) is 41.5 Å². The van der Waals surface area contributed by atoms with Crippen molar-refractivity contribution in [3.05, 3.63) is 0 Å². The zero-order valence-corrected chi connectivity index (χ0v) is 24.7. The summed E-state index contributed by atoms with van der Waals surface area (Å²) in [6, 6.07) is 0. The van der Waals surface area contributed by atoms with Gasteiger partial charge in [0.15, 0.2) is 16.6 Å². The van der Waals surface area contributed by atoms with Crippen molar-refractivity contribution in [2.75, 3.05) is 13.2 Å². The Labute approximate surface area is 195 Å². The summed E-state index contributed by atoms with van der Waals surface area (Å²) >= 11 is 0. The Bertz CT molecular complexity index is 608. The zero-order chi connectivity index (χ0) is 23.9. The van der Waals surface area contributed by atoms with E-state index in [1.54, 1.807) is 0 Å². The summed E-state index contributed by atoms with van der Waals surface area (Å²) in [5.74, 6) is 0. The van der Waals surface area contributed by atoms with E-state index in [0.717, 1.165) is 45.3 Å². The van der Waals surface area contributed by atoms with Crippen LogP contribution in [0.5, 0.6) is 0 Å². The smallest absolute Gasteiger partial charge is 0.192 e. The molecule has 2 fully saturated rings. The van der Waals surface area contributed by atoms with Crippen LogP contribution in [0.1, 0.15) is 87.5 Å². The van der Waals surface area contributed by atoms with Crippen LogP contribution in [0.2, 0.25) is 36.3 Å². The molecule has 2 aliphatic rings. The Kier molecular flexibility index (Phi) is 8.11.